The molecular weight excluding hydrogens is 321 g/mol. The minimum atomic E-state index is -0.592. The van der Waals surface area contributed by atoms with E-state index in [1.807, 2.05) is 6.07 Å². The van der Waals surface area contributed by atoms with Gasteiger partial charge in [0.05, 0.1) is 10.1 Å². The molecule has 1 aromatic carbocycles. The molecule has 1 aliphatic rings. The Morgan fingerprint density at radius 3 is 2.75 bits per heavy atom. The van der Waals surface area contributed by atoms with E-state index in [9.17, 15) is 9.50 Å². The molecule has 20 heavy (non-hydrogen) atoms. The Balaban J connectivity index is 1.82. The SMILES string of the molecule is CCC1CCC(O)(CNCc2cccc(F)c2Br)CC1. The Hall–Kier alpha value is -0.450. The predicted molar refractivity (Wildman–Crippen MR) is 83.0 cm³/mol. The Kier molecular flexibility index (Phi) is 5.58. The highest BCUT2D eigenvalue weighted by molar-refractivity contribution is 9.10. The van der Waals surface area contributed by atoms with Gasteiger partial charge in [0.2, 0.25) is 0 Å². The minimum Gasteiger partial charge on any atom is -0.389 e. The van der Waals surface area contributed by atoms with E-state index in [1.165, 1.54) is 12.5 Å². The Morgan fingerprint density at radius 2 is 2.10 bits per heavy atom. The molecule has 0 radical (unpaired) electrons. The molecule has 0 bridgehead atoms. The molecule has 1 saturated carbocycles. The van der Waals surface area contributed by atoms with Crippen LogP contribution < -0.4 is 5.32 Å². The zero-order chi connectivity index (χ0) is 14.6. The second-order valence-corrected chi connectivity index (χ2v) is 6.69. The number of nitrogens with one attached hydrogen (secondary N) is 1. The average Bonchev–Trinajstić information content (AvgIpc) is 2.44. The van der Waals surface area contributed by atoms with E-state index in [-0.39, 0.29) is 5.82 Å². The van der Waals surface area contributed by atoms with Crippen LogP contribution in [-0.4, -0.2) is 17.3 Å². The third-order valence-corrected chi connectivity index (χ3v) is 5.30. The molecule has 4 heteroatoms. The van der Waals surface area contributed by atoms with Crippen LogP contribution in [0.4, 0.5) is 4.39 Å². The second-order valence-electron chi connectivity index (χ2n) is 5.89. The van der Waals surface area contributed by atoms with E-state index in [4.69, 9.17) is 0 Å². The fraction of sp³-hybridized carbons (Fsp3) is 0.625. The lowest BCUT2D eigenvalue weighted by Gasteiger charge is -2.36. The molecule has 0 unspecified atom stereocenters. The monoisotopic (exact) mass is 343 g/mol. The smallest absolute Gasteiger partial charge is 0.137 e. The summed E-state index contributed by atoms with van der Waals surface area (Å²) in [4.78, 5) is 0. The standard InChI is InChI=1S/C16H23BrFNO/c1-2-12-6-8-16(20,9-7-12)11-19-10-13-4-3-5-14(18)15(13)17/h3-5,12,19-20H,2,6-11H2,1H3. The summed E-state index contributed by atoms with van der Waals surface area (Å²) in [5.74, 6) is 0.527. The lowest BCUT2D eigenvalue weighted by Crippen LogP contribution is -2.43. The molecule has 1 aromatic rings. The molecule has 0 atom stereocenters. The van der Waals surface area contributed by atoms with E-state index < -0.39 is 5.60 Å². The van der Waals surface area contributed by atoms with Gasteiger partial charge in [0.15, 0.2) is 0 Å². The molecule has 1 aliphatic carbocycles. The van der Waals surface area contributed by atoms with E-state index >= 15 is 0 Å². The third-order valence-electron chi connectivity index (χ3n) is 4.41. The van der Waals surface area contributed by atoms with Gasteiger partial charge in [-0.05, 0) is 59.2 Å². The first-order valence-corrected chi connectivity index (χ1v) is 8.19. The number of hydrogen-bond acceptors (Lipinski definition) is 2. The topological polar surface area (TPSA) is 32.3 Å². The number of aliphatic hydroxyl groups is 1. The van der Waals surface area contributed by atoms with Crippen molar-refractivity contribution in [3.63, 3.8) is 0 Å². The summed E-state index contributed by atoms with van der Waals surface area (Å²) in [6.07, 6.45) is 5.15. The fourth-order valence-electron chi connectivity index (χ4n) is 2.91. The summed E-state index contributed by atoms with van der Waals surface area (Å²) < 4.78 is 13.9. The lowest BCUT2D eigenvalue weighted by molar-refractivity contribution is -0.00882. The Morgan fingerprint density at radius 1 is 1.40 bits per heavy atom. The van der Waals surface area contributed by atoms with Crippen LogP contribution in [-0.2, 0) is 6.54 Å². The molecule has 0 spiro atoms. The van der Waals surface area contributed by atoms with Gasteiger partial charge in [-0.1, -0.05) is 25.5 Å². The Bertz CT molecular complexity index is 444. The van der Waals surface area contributed by atoms with Crippen LogP contribution in [0, 0.1) is 11.7 Å². The van der Waals surface area contributed by atoms with Crippen molar-refractivity contribution in [3.05, 3.63) is 34.1 Å². The number of halogens is 2. The largest absolute Gasteiger partial charge is 0.389 e. The first-order valence-electron chi connectivity index (χ1n) is 7.40. The molecule has 2 nitrogen and oxygen atoms in total. The average molecular weight is 344 g/mol. The van der Waals surface area contributed by atoms with Crippen molar-refractivity contribution in [2.24, 2.45) is 5.92 Å². The third kappa shape index (κ3) is 4.03. The maximum atomic E-state index is 13.4. The van der Waals surface area contributed by atoms with Gasteiger partial charge < -0.3 is 10.4 Å². The zero-order valence-corrected chi connectivity index (χ0v) is 13.5. The molecular formula is C16H23BrFNO. The van der Waals surface area contributed by atoms with Crippen molar-refractivity contribution in [1.82, 2.24) is 5.32 Å². The van der Waals surface area contributed by atoms with Crippen molar-refractivity contribution in [1.29, 1.82) is 0 Å². The summed E-state index contributed by atoms with van der Waals surface area (Å²) >= 11 is 3.26. The van der Waals surface area contributed by atoms with Gasteiger partial charge in [-0.3, -0.25) is 0 Å². The number of hydrogen-bond donors (Lipinski definition) is 2. The second kappa shape index (κ2) is 7.01. The molecule has 2 N–H and O–H groups in total. The first kappa shape index (κ1) is 15.9. The highest BCUT2D eigenvalue weighted by atomic mass is 79.9. The van der Waals surface area contributed by atoms with Crippen molar-refractivity contribution < 1.29 is 9.50 Å². The van der Waals surface area contributed by atoms with Crippen molar-refractivity contribution >= 4 is 15.9 Å². The maximum absolute atomic E-state index is 13.4. The van der Waals surface area contributed by atoms with Gasteiger partial charge >= 0.3 is 0 Å². The van der Waals surface area contributed by atoms with E-state index in [1.54, 1.807) is 6.07 Å². The first-order chi connectivity index (χ1) is 9.54. The highest BCUT2D eigenvalue weighted by Gasteiger charge is 2.32. The van der Waals surface area contributed by atoms with Crippen LogP contribution in [0.1, 0.15) is 44.6 Å². The lowest BCUT2D eigenvalue weighted by atomic mass is 9.78. The minimum absolute atomic E-state index is 0.244. The van der Waals surface area contributed by atoms with Crippen molar-refractivity contribution in [2.45, 2.75) is 51.2 Å². The maximum Gasteiger partial charge on any atom is 0.137 e. The van der Waals surface area contributed by atoms with Crippen LogP contribution >= 0.6 is 15.9 Å². The van der Waals surface area contributed by atoms with Gasteiger partial charge in [-0.25, -0.2) is 4.39 Å². The van der Waals surface area contributed by atoms with Crippen LogP contribution in [0.3, 0.4) is 0 Å². The molecule has 1 fully saturated rings. The highest BCUT2D eigenvalue weighted by Crippen LogP contribution is 2.33. The number of rotatable bonds is 5. The van der Waals surface area contributed by atoms with Crippen LogP contribution in [0.2, 0.25) is 0 Å². The van der Waals surface area contributed by atoms with Crippen molar-refractivity contribution in [2.75, 3.05) is 6.54 Å². The van der Waals surface area contributed by atoms with Crippen LogP contribution in [0.15, 0.2) is 22.7 Å². The van der Waals surface area contributed by atoms with Crippen molar-refractivity contribution in [3.8, 4) is 0 Å². The summed E-state index contributed by atoms with van der Waals surface area (Å²) in [6.45, 7) is 3.36. The normalized spacial score (nSPS) is 26.7. The van der Waals surface area contributed by atoms with Crippen LogP contribution in [0.25, 0.3) is 0 Å². The zero-order valence-electron chi connectivity index (χ0n) is 12.0. The fourth-order valence-corrected chi connectivity index (χ4v) is 3.32. The molecule has 112 valence electrons. The summed E-state index contributed by atoms with van der Waals surface area (Å²) in [5, 5.41) is 13.8. The van der Waals surface area contributed by atoms with E-state index in [0.29, 0.717) is 17.6 Å². The number of benzene rings is 1. The van der Waals surface area contributed by atoms with E-state index in [2.05, 4.69) is 28.2 Å². The summed E-state index contributed by atoms with van der Waals surface area (Å²) in [6, 6.07) is 5.03. The van der Waals surface area contributed by atoms with Gasteiger partial charge in [-0.15, -0.1) is 0 Å². The quantitative estimate of drug-likeness (QED) is 0.846. The molecule has 0 heterocycles. The molecule has 0 amide bonds. The summed E-state index contributed by atoms with van der Waals surface area (Å²) in [5.41, 5.74) is 0.293. The summed E-state index contributed by atoms with van der Waals surface area (Å²) in [7, 11) is 0. The van der Waals surface area contributed by atoms with Gasteiger partial charge in [0.1, 0.15) is 5.82 Å². The molecule has 2 rings (SSSR count). The van der Waals surface area contributed by atoms with Gasteiger partial charge in [0, 0.05) is 13.1 Å². The van der Waals surface area contributed by atoms with Gasteiger partial charge in [-0.2, -0.15) is 0 Å². The Labute approximate surface area is 128 Å². The van der Waals surface area contributed by atoms with Crippen LogP contribution in [0.5, 0.6) is 0 Å². The molecule has 0 aliphatic heterocycles. The van der Waals surface area contributed by atoms with Gasteiger partial charge in [0.25, 0.3) is 0 Å². The predicted octanol–water partition coefficient (Wildman–Crippen LogP) is 4.01. The molecule has 0 saturated heterocycles. The van der Waals surface area contributed by atoms with E-state index in [0.717, 1.165) is 37.2 Å². The molecule has 0 aromatic heterocycles.